The van der Waals surface area contributed by atoms with Crippen LogP contribution < -0.4 is 4.90 Å². The van der Waals surface area contributed by atoms with Gasteiger partial charge in [0.1, 0.15) is 0 Å². The predicted molar refractivity (Wildman–Crippen MR) is 85.5 cm³/mol. The normalized spacial score (nSPS) is 15.6. The fourth-order valence-electron chi connectivity index (χ4n) is 2.34. The molecule has 0 aliphatic carbocycles. The van der Waals surface area contributed by atoms with Gasteiger partial charge in [0, 0.05) is 22.2 Å². The molecule has 0 unspecified atom stereocenters. The third-order valence-electron chi connectivity index (χ3n) is 3.24. The molecular formula is C15H20INO2. The van der Waals surface area contributed by atoms with Crippen molar-refractivity contribution in [2.45, 2.75) is 39.2 Å². The second kappa shape index (κ2) is 6.70. The molecule has 1 aromatic carbocycles. The minimum atomic E-state index is 0.207. The van der Waals surface area contributed by atoms with Crippen molar-refractivity contribution in [2.75, 3.05) is 18.1 Å². The van der Waals surface area contributed by atoms with Gasteiger partial charge in [-0.3, -0.25) is 4.79 Å². The Morgan fingerprint density at radius 1 is 1.37 bits per heavy atom. The van der Waals surface area contributed by atoms with E-state index < -0.39 is 0 Å². The molecule has 1 aliphatic heterocycles. The summed E-state index contributed by atoms with van der Waals surface area (Å²) in [6.07, 6.45) is 2.76. The fourth-order valence-corrected chi connectivity index (χ4v) is 2.90. The van der Waals surface area contributed by atoms with Gasteiger partial charge in [0.25, 0.3) is 0 Å². The molecule has 3 nitrogen and oxygen atoms in total. The maximum Gasteiger partial charge on any atom is 0.227 e. The highest BCUT2D eigenvalue weighted by molar-refractivity contribution is 14.1. The number of rotatable bonds is 4. The van der Waals surface area contributed by atoms with Crippen LogP contribution in [0.3, 0.4) is 0 Å². The summed E-state index contributed by atoms with van der Waals surface area (Å²) in [6.45, 7) is 5.26. The van der Waals surface area contributed by atoms with Crippen molar-refractivity contribution >= 4 is 34.2 Å². The molecule has 0 fully saturated rings. The first-order valence-electron chi connectivity index (χ1n) is 6.78. The first kappa shape index (κ1) is 14.8. The molecule has 104 valence electrons. The third kappa shape index (κ3) is 3.92. The summed E-state index contributed by atoms with van der Waals surface area (Å²) in [6, 6.07) is 6.31. The van der Waals surface area contributed by atoms with Crippen molar-refractivity contribution in [2.24, 2.45) is 0 Å². The quantitative estimate of drug-likeness (QED) is 0.758. The molecule has 19 heavy (non-hydrogen) atoms. The SMILES string of the molecule is CC(C)OCCN1C(=O)CCCc2cc(I)ccc21. The number of halogens is 1. The number of aryl methyl sites for hydroxylation is 1. The molecule has 0 saturated carbocycles. The summed E-state index contributed by atoms with van der Waals surface area (Å²) < 4.78 is 6.80. The van der Waals surface area contributed by atoms with E-state index in [4.69, 9.17) is 4.74 Å². The molecule has 0 radical (unpaired) electrons. The lowest BCUT2D eigenvalue weighted by molar-refractivity contribution is -0.118. The zero-order valence-corrected chi connectivity index (χ0v) is 13.6. The number of benzene rings is 1. The van der Waals surface area contributed by atoms with E-state index in [0.29, 0.717) is 19.6 Å². The smallest absolute Gasteiger partial charge is 0.227 e. The van der Waals surface area contributed by atoms with Gasteiger partial charge in [0.05, 0.1) is 12.7 Å². The lowest BCUT2D eigenvalue weighted by Crippen LogP contribution is -2.34. The summed E-state index contributed by atoms with van der Waals surface area (Å²) in [5.74, 6) is 0.215. The van der Waals surface area contributed by atoms with Gasteiger partial charge in [-0.2, -0.15) is 0 Å². The fraction of sp³-hybridized carbons (Fsp3) is 0.533. The van der Waals surface area contributed by atoms with Crippen LogP contribution in [0.1, 0.15) is 32.3 Å². The highest BCUT2D eigenvalue weighted by atomic mass is 127. The van der Waals surface area contributed by atoms with Gasteiger partial charge in [-0.1, -0.05) is 0 Å². The summed E-state index contributed by atoms with van der Waals surface area (Å²) in [5, 5.41) is 0. The monoisotopic (exact) mass is 373 g/mol. The number of amides is 1. The maximum atomic E-state index is 12.2. The van der Waals surface area contributed by atoms with E-state index in [9.17, 15) is 4.79 Å². The molecule has 2 rings (SSSR count). The van der Waals surface area contributed by atoms with Gasteiger partial charge in [-0.25, -0.2) is 0 Å². The van der Waals surface area contributed by atoms with Gasteiger partial charge < -0.3 is 9.64 Å². The van der Waals surface area contributed by atoms with E-state index in [1.807, 2.05) is 18.7 Å². The molecule has 1 amide bonds. The lowest BCUT2D eigenvalue weighted by atomic mass is 10.1. The van der Waals surface area contributed by atoms with E-state index in [-0.39, 0.29) is 12.0 Å². The second-order valence-corrected chi connectivity index (χ2v) is 6.34. The Hall–Kier alpha value is -0.620. The van der Waals surface area contributed by atoms with E-state index >= 15 is 0 Å². The molecule has 0 bridgehead atoms. The highest BCUT2D eigenvalue weighted by Crippen LogP contribution is 2.28. The molecule has 1 aliphatic rings. The number of anilines is 1. The van der Waals surface area contributed by atoms with Crippen LogP contribution in [0, 0.1) is 3.57 Å². The Labute approximate surface area is 128 Å². The second-order valence-electron chi connectivity index (χ2n) is 5.09. The predicted octanol–water partition coefficient (Wildman–Crippen LogP) is 3.39. The van der Waals surface area contributed by atoms with Crippen molar-refractivity contribution in [3.05, 3.63) is 27.3 Å². The summed E-state index contributed by atoms with van der Waals surface area (Å²) in [5.41, 5.74) is 2.34. The van der Waals surface area contributed by atoms with Crippen molar-refractivity contribution < 1.29 is 9.53 Å². The molecule has 0 saturated heterocycles. The topological polar surface area (TPSA) is 29.5 Å². The number of hydrogen-bond donors (Lipinski definition) is 0. The summed E-state index contributed by atoms with van der Waals surface area (Å²) in [4.78, 5) is 14.1. The largest absolute Gasteiger partial charge is 0.377 e. The van der Waals surface area contributed by atoms with Crippen LogP contribution in [0.5, 0.6) is 0 Å². The number of hydrogen-bond acceptors (Lipinski definition) is 2. The van der Waals surface area contributed by atoms with Gasteiger partial charge in [0.2, 0.25) is 5.91 Å². The van der Waals surface area contributed by atoms with Gasteiger partial charge in [0.15, 0.2) is 0 Å². The number of fused-ring (bicyclic) bond motifs is 1. The average Bonchev–Trinajstić information content (AvgIpc) is 2.49. The first-order valence-corrected chi connectivity index (χ1v) is 7.86. The van der Waals surface area contributed by atoms with Crippen molar-refractivity contribution in [3.63, 3.8) is 0 Å². The van der Waals surface area contributed by atoms with E-state index in [0.717, 1.165) is 18.5 Å². The highest BCUT2D eigenvalue weighted by Gasteiger charge is 2.22. The van der Waals surface area contributed by atoms with Crippen LogP contribution in [-0.4, -0.2) is 25.2 Å². The van der Waals surface area contributed by atoms with E-state index in [1.54, 1.807) is 0 Å². The van der Waals surface area contributed by atoms with E-state index in [1.165, 1.54) is 9.13 Å². The maximum absolute atomic E-state index is 12.2. The van der Waals surface area contributed by atoms with Crippen LogP contribution in [0.2, 0.25) is 0 Å². The zero-order chi connectivity index (χ0) is 13.8. The molecule has 0 N–H and O–H groups in total. The van der Waals surface area contributed by atoms with E-state index in [2.05, 4.69) is 40.8 Å². The molecule has 0 aromatic heterocycles. The number of carbonyl (C=O) groups excluding carboxylic acids is 1. The Morgan fingerprint density at radius 3 is 2.89 bits per heavy atom. The minimum Gasteiger partial charge on any atom is -0.377 e. The van der Waals surface area contributed by atoms with Crippen molar-refractivity contribution in [3.8, 4) is 0 Å². The first-order chi connectivity index (χ1) is 9.08. The van der Waals surface area contributed by atoms with Crippen LogP contribution in [0.15, 0.2) is 18.2 Å². The number of nitrogens with zero attached hydrogens (tertiary/aromatic N) is 1. The number of ether oxygens (including phenoxy) is 1. The van der Waals surface area contributed by atoms with Gasteiger partial charge >= 0.3 is 0 Å². The molecule has 0 atom stereocenters. The minimum absolute atomic E-state index is 0.207. The molecule has 4 heteroatoms. The molecule has 0 spiro atoms. The Balaban J connectivity index is 2.18. The lowest BCUT2D eigenvalue weighted by Gasteiger charge is -2.23. The van der Waals surface area contributed by atoms with Crippen LogP contribution in [-0.2, 0) is 16.0 Å². The standard InChI is InChI=1S/C15H20INO2/c1-11(2)19-9-8-17-14-7-6-13(16)10-12(14)4-3-5-15(17)18/h6-7,10-11H,3-5,8-9H2,1-2H3. The van der Waals surface area contributed by atoms with Crippen LogP contribution in [0.25, 0.3) is 0 Å². The third-order valence-corrected chi connectivity index (χ3v) is 3.91. The number of carbonyl (C=O) groups is 1. The molecule has 1 aromatic rings. The zero-order valence-electron chi connectivity index (χ0n) is 11.5. The Bertz CT molecular complexity index is 459. The molecular weight excluding hydrogens is 353 g/mol. The Kier molecular flexibility index (Phi) is 5.21. The average molecular weight is 373 g/mol. The Morgan fingerprint density at radius 2 is 2.16 bits per heavy atom. The van der Waals surface area contributed by atoms with Crippen molar-refractivity contribution in [1.29, 1.82) is 0 Å². The van der Waals surface area contributed by atoms with Crippen LogP contribution in [0.4, 0.5) is 5.69 Å². The molecule has 1 heterocycles. The van der Waals surface area contributed by atoms with Gasteiger partial charge in [-0.15, -0.1) is 0 Å². The van der Waals surface area contributed by atoms with Crippen LogP contribution >= 0.6 is 22.6 Å². The summed E-state index contributed by atoms with van der Waals surface area (Å²) in [7, 11) is 0. The van der Waals surface area contributed by atoms with Crippen molar-refractivity contribution in [1.82, 2.24) is 0 Å². The van der Waals surface area contributed by atoms with Gasteiger partial charge in [-0.05, 0) is 73.0 Å². The summed E-state index contributed by atoms with van der Waals surface area (Å²) >= 11 is 2.32.